The fraction of sp³-hybridized carbons (Fsp3) is 0.333. The van der Waals surface area contributed by atoms with Gasteiger partial charge in [-0.1, -0.05) is 37.3 Å². The van der Waals surface area contributed by atoms with Crippen LogP contribution in [0.3, 0.4) is 0 Å². The second-order valence-electron chi connectivity index (χ2n) is 8.47. The molecule has 4 rings (SSSR count). The van der Waals surface area contributed by atoms with Crippen molar-refractivity contribution >= 4 is 23.2 Å². The third-order valence-electron chi connectivity index (χ3n) is 6.33. The molecular formula is C27H29FN2O3S. The first-order chi connectivity index (χ1) is 16.5. The van der Waals surface area contributed by atoms with Gasteiger partial charge >= 0.3 is 0 Å². The molecule has 3 aromatic rings. The maximum Gasteiger partial charge on any atom is 0.261 e. The largest absolute Gasteiger partial charge is 0.484 e. The van der Waals surface area contributed by atoms with E-state index in [4.69, 9.17) is 4.74 Å². The Morgan fingerprint density at radius 1 is 1.15 bits per heavy atom. The Bertz CT molecular complexity index is 1120. The minimum Gasteiger partial charge on any atom is -0.484 e. The van der Waals surface area contributed by atoms with Crippen molar-refractivity contribution in [2.24, 2.45) is 0 Å². The summed E-state index contributed by atoms with van der Waals surface area (Å²) in [4.78, 5) is 31.4. The van der Waals surface area contributed by atoms with Gasteiger partial charge in [0.25, 0.3) is 5.91 Å². The zero-order chi connectivity index (χ0) is 24.1. The molecule has 2 heterocycles. The molecule has 7 heteroatoms. The Morgan fingerprint density at radius 2 is 1.88 bits per heavy atom. The average Bonchev–Trinajstić information content (AvgIpc) is 3.35. The first-order valence-electron chi connectivity index (χ1n) is 11.6. The topological polar surface area (TPSA) is 49.9 Å². The number of rotatable bonds is 8. The van der Waals surface area contributed by atoms with Gasteiger partial charge in [-0.05, 0) is 66.6 Å². The van der Waals surface area contributed by atoms with Crippen LogP contribution < -0.4 is 4.74 Å². The van der Waals surface area contributed by atoms with Gasteiger partial charge in [0.1, 0.15) is 18.1 Å². The zero-order valence-electron chi connectivity index (χ0n) is 19.4. The van der Waals surface area contributed by atoms with Crippen LogP contribution in [0, 0.1) is 5.82 Å². The molecule has 1 aromatic heterocycles. The van der Waals surface area contributed by atoms with E-state index in [1.54, 1.807) is 40.5 Å². The first-order valence-corrected chi connectivity index (χ1v) is 12.4. The van der Waals surface area contributed by atoms with Crippen LogP contribution in [0.2, 0.25) is 0 Å². The molecule has 0 radical (unpaired) electrons. The number of ether oxygens (including phenoxy) is 1. The van der Waals surface area contributed by atoms with Gasteiger partial charge in [0.2, 0.25) is 5.91 Å². The summed E-state index contributed by atoms with van der Waals surface area (Å²) in [6.45, 7) is 4.34. The predicted octanol–water partition coefficient (Wildman–Crippen LogP) is 5.07. The molecule has 0 fully saturated rings. The van der Waals surface area contributed by atoms with Crippen LogP contribution in [0.15, 0.2) is 66.0 Å². The Hall–Kier alpha value is -3.19. The van der Waals surface area contributed by atoms with Gasteiger partial charge in [0.15, 0.2) is 6.61 Å². The number of nitrogens with zero attached hydrogens (tertiary/aromatic N) is 2. The van der Waals surface area contributed by atoms with E-state index in [1.807, 2.05) is 48.4 Å². The van der Waals surface area contributed by atoms with Crippen molar-refractivity contribution in [1.29, 1.82) is 0 Å². The predicted molar refractivity (Wildman–Crippen MR) is 131 cm³/mol. The number of fused-ring (bicyclic) bond motifs is 1. The maximum absolute atomic E-state index is 13.6. The molecule has 2 aromatic carbocycles. The second-order valence-corrected chi connectivity index (χ2v) is 9.47. The van der Waals surface area contributed by atoms with Crippen LogP contribution in [0.4, 0.5) is 4.39 Å². The summed E-state index contributed by atoms with van der Waals surface area (Å²) in [6, 6.07) is 17.1. The molecule has 5 nitrogen and oxygen atoms in total. The van der Waals surface area contributed by atoms with Gasteiger partial charge in [0, 0.05) is 17.5 Å². The third kappa shape index (κ3) is 5.30. The van der Waals surface area contributed by atoms with Crippen LogP contribution in [0.25, 0.3) is 0 Å². The molecule has 0 N–H and O–H groups in total. The van der Waals surface area contributed by atoms with Crippen molar-refractivity contribution in [2.45, 2.75) is 38.8 Å². The van der Waals surface area contributed by atoms with Gasteiger partial charge in [-0.3, -0.25) is 9.59 Å². The van der Waals surface area contributed by atoms with E-state index < -0.39 is 0 Å². The van der Waals surface area contributed by atoms with E-state index in [1.165, 1.54) is 17.0 Å². The number of carbonyl (C=O) groups excluding carboxylic acids is 2. The van der Waals surface area contributed by atoms with Crippen LogP contribution in [0.5, 0.6) is 5.75 Å². The molecule has 2 unspecified atom stereocenters. The highest BCUT2D eigenvalue weighted by Crippen LogP contribution is 2.38. The van der Waals surface area contributed by atoms with Gasteiger partial charge in [-0.25, -0.2) is 4.39 Å². The Balaban J connectivity index is 1.53. The van der Waals surface area contributed by atoms with E-state index in [-0.39, 0.29) is 42.9 Å². The standard InChI is InChI=1S/C27H29FN2O3S/c1-3-19(2)30(26(32)18-33-22-7-5-4-6-8-22)17-25(31)29-15-13-24-23(14-16-34-24)27(29)20-9-11-21(28)12-10-20/h4-12,14,16,19,27H,3,13,15,17-18H2,1-2H3. The van der Waals surface area contributed by atoms with Gasteiger partial charge < -0.3 is 14.5 Å². The van der Waals surface area contributed by atoms with E-state index in [0.717, 1.165) is 24.0 Å². The average molecular weight is 481 g/mol. The van der Waals surface area contributed by atoms with Crippen molar-refractivity contribution in [3.63, 3.8) is 0 Å². The number of amides is 2. The van der Waals surface area contributed by atoms with E-state index in [2.05, 4.69) is 0 Å². The van der Waals surface area contributed by atoms with Gasteiger partial charge in [0.05, 0.1) is 6.04 Å². The van der Waals surface area contributed by atoms with E-state index in [0.29, 0.717) is 12.3 Å². The third-order valence-corrected chi connectivity index (χ3v) is 7.32. The van der Waals surface area contributed by atoms with Crippen LogP contribution in [-0.2, 0) is 16.0 Å². The highest BCUT2D eigenvalue weighted by Gasteiger charge is 2.34. The number of hydrogen-bond donors (Lipinski definition) is 0. The smallest absolute Gasteiger partial charge is 0.261 e. The highest BCUT2D eigenvalue weighted by molar-refractivity contribution is 7.10. The second kappa shape index (κ2) is 10.8. The fourth-order valence-electron chi connectivity index (χ4n) is 4.28. The molecule has 1 aliphatic heterocycles. The van der Waals surface area contributed by atoms with Gasteiger partial charge in [-0.2, -0.15) is 0 Å². The van der Waals surface area contributed by atoms with E-state index in [9.17, 15) is 14.0 Å². The summed E-state index contributed by atoms with van der Waals surface area (Å²) in [7, 11) is 0. The lowest BCUT2D eigenvalue weighted by Gasteiger charge is -2.38. The molecule has 0 bridgehead atoms. The maximum atomic E-state index is 13.6. The summed E-state index contributed by atoms with van der Waals surface area (Å²) in [6.07, 6.45) is 1.49. The molecule has 0 saturated heterocycles. The minimum atomic E-state index is -0.310. The number of thiophene rings is 1. The highest BCUT2D eigenvalue weighted by atomic mass is 32.1. The number of carbonyl (C=O) groups is 2. The molecule has 1 aliphatic rings. The number of halogens is 1. The summed E-state index contributed by atoms with van der Waals surface area (Å²) in [5, 5.41) is 2.03. The molecule has 178 valence electrons. The Kier molecular flexibility index (Phi) is 7.63. The molecular weight excluding hydrogens is 451 g/mol. The lowest BCUT2D eigenvalue weighted by molar-refractivity contribution is -0.144. The molecule has 0 spiro atoms. The minimum absolute atomic E-state index is 0.0246. The zero-order valence-corrected chi connectivity index (χ0v) is 20.3. The molecule has 0 aliphatic carbocycles. The van der Waals surface area contributed by atoms with Crippen molar-refractivity contribution < 1.29 is 18.7 Å². The number of para-hydroxylation sites is 1. The quantitative estimate of drug-likeness (QED) is 0.453. The normalized spacial score (nSPS) is 16.0. The van der Waals surface area contributed by atoms with Crippen molar-refractivity contribution in [3.05, 3.63) is 87.9 Å². The van der Waals surface area contributed by atoms with Crippen molar-refractivity contribution in [3.8, 4) is 5.75 Å². The van der Waals surface area contributed by atoms with Crippen molar-refractivity contribution in [1.82, 2.24) is 9.80 Å². The SMILES string of the molecule is CCC(C)N(CC(=O)N1CCc2sccc2C1c1ccc(F)cc1)C(=O)COc1ccccc1. The Morgan fingerprint density at radius 3 is 2.59 bits per heavy atom. The number of benzene rings is 2. The summed E-state index contributed by atoms with van der Waals surface area (Å²) in [5.41, 5.74) is 1.94. The van der Waals surface area contributed by atoms with Crippen molar-refractivity contribution in [2.75, 3.05) is 19.7 Å². The molecule has 34 heavy (non-hydrogen) atoms. The van der Waals surface area contributed by atoms with Gasteiger partial charge in [-0.15, -0.1) is 11.3 Å². The van der Waals surface area contributed by atoms with Crippen LogP contribution in [0.1, 0.15) is 42.3 Å². The monoisotopic (exact) mass is 480 g/mol. The summed E-state index contributed by atoms with van der Waals surface area (Å²) in [5.74, 6) is -0.0451. The number of hydrogen-bond acceptors (Lipinski definition) is 4. The first kappa shape index (κ1) is 24.0. The summed E-state index contributed by atoms with van der Waals surface area (Å²) < 4.78 is 19.3. The van der Waals surface area contributed by atoms with E-state index >= 15 is 0 Å². The van der Waals surface area contributed by atoms with Crippen LogP contribution >= 0.6 is 11.3 Å². The summed E-state index contributed by atoms with van der Waals surface area (Å²) >= 11 is 1.68. The Labute approximate surface area is 203 Å². The fourth-order valence-corrected chi connectivity index (χ4v) is 5.18. The molecule has 2 atom stereocenters. The lowest BCUT2D eigenvalue weighted by Crippen LogP contribution is -2.50. The lowest BCUT2D eigenvalue weighted by atomic mass is 9.93. The molecule has 2 amide bonds. The van der Waals surface area contributed by atoms with Crippen LogP contribution in [-0.4, -0.2) is 47.4 Å². The molecule has 0 saturated carbocycles.